The predicted octanol–water partition coefficient (Wildman–Crippen LogP) is 10.2. The monoisotopic (exact) mass is 862 g/mol. The van der Waals surface area contributed by atoms with Crippen LogP contribution in [0.3, 0.4) is 0 Å². The highest BCUT2D eigenvalue weighted by Crippen LogP contribution is 2.26. The molecule has 1 aromatic rings. The Balaban J connectivity index is 1.90. The highest BCUT2D eigenvalue weighted by molar-refractivity contribution is 5.82. The second-order valence-electron chi connectivity index (χ2n) is 17.2. The van der Waals surface area contributed by atoms with Crippen molar-refractivity contribution in [3.8, 4) is 0 Å². The van der Waals surface area contributed by atoms with Crippen molar-refractivity contribution in [2.75, 3.05) is 26.3 Å². The van der Waals surface area contributed by atoms with E-state index < -0.39 is 61.8 Å². The summed E-state index contributed by atoms with van der Waals surface area (Å²) in [6.07, 6.45) is 26.7. The number of hydrogen-bond acceptors (Lipinski definition) is 9. The smallest absolute Gasteiger partial charge is 0.411 e. The molecule has 1 aromatic carbocycles. The second-order valence-corrected chi connectivity index (χ2v) is 17.2. The number of ether oxygens (including phenoxy) is 3. The Morgan fingerprint density at radius 1 is 0.623 bits per heavy atom. The Morgan fingerprint density at radius 2 is 1.08 bits per heavy atom. The third-order valence-electron chi connectivity index (χ3n) is 11.9. The van der Waals surface area contributed by atoms with E-state index in [1.807, 2.05) is 30.3 Å². The first-order valence-electron chi connectivity index (χ1n) is 24.6. The lowest BCUT2D eigenvalue weighted by Crippen LogP contribution is -2.69. The number of nitrogens with zero attached hydrogens (tertiary/aromatic N) is 1. The zero-order valence-corrected chi connectivity index (χ0v) is 38.3. The number of aliphatic hydroxyl groups is 3. The van der Waals surface area contributed by atoms with Gasteiger partial charge in [0, 0.05) is 6.54 Å². The maximum atomic E-state index is 13.8. The molecule has 12 nitrogen and oxygen atoms in total. The van der Waals surface area contributed by atoms with Crippen molar-refractivity contribution in [3.05, 3.63) is 35.9 Å². The van der Waals surface area contributed by atoms with Crippen LogP contribution in [0.1, 0.15) is 199 Å². The molecular weight excluding hydrogens is 775 g/mol. The van der Waals surface area contributed by atoms with Crippen LogP contribution in [0.2, 0.25) is 0 Å². The van der Waals surface area contributed by atoms with Crippen LogP contribution >= 0.6 is 0 Å². The van der Waals surface area contributed by atoms with Crippen molar-refractivity contribution in [2.24, 2.45) is 0 Å². The molecule has 352 valence electrons. The molecule has 0 bridgehead atoms. The van der Waals surface area contributed by atoms with Gasteiger partial charge in [0.25, 0.3) is 0 Å². The van der Waals surface area contributed by atoms with Gasteiger partial charge in [-0.3, -0.25) is 9.69 Å². The Kier molecular flexibility index (Phi) is 32.5. The van der Waals surface area contributed by atoms with Crippen LogP contribution in [0, 0.1) is 0 Å². The largest absolute Gasteiger partial charge is 0.449 e. The zero-order valence-electron chi connectivity index (χ0n) is 38.3. The molecule has 0 aromatic heterocycles. The van der Waals surface area contributed by atoms with E-state index in [9.17, 15) is 29.7 Å². The van der Waals surface area contributed by atoms with Crippen LogP contribution in [-0.2, 0) is 25.6 Å². The van der Waals surface area contributed by atoms with Crippen molar-refractivity contribution in [1.29, 1.82) is 0 Å². The van der Waals surface area contributed by atoms with E-state index in [-0.39, 0.29) is 19.8 Å². The summed E-state index contributed by atoms with van der Waals surface area (Å²) in [5.74, 6) is -0.684. The fourth-order valence-electron chi connectivity index (χ4n) is 8.02. The second kappa shape index (κ2) is 36.5. The fourth-order valence-corrected chi connectivity index (χ4v) is 8.02. The van der Waals surface area contributed by atoms with Gasteiger partial charge in [-0.1, -0.05) is 211 Å². The summed E-state index contributed by atoms with van der Waals surface area (Å²) in [5, 5.41) is 37.2. The van der Waals surface area contributed by atoms with Crippen molar-refractivity contribution >= 4 is 18.1 Å². The van der Waals surface area contributed by atoms with Crippen LogP contribution < -0.4 is 10.6 Å². The normalized spacial score (nSPS) is 18.7. The topological polar surface area (TPSA) is 167 Å². The van der Waals surface area contributed by atoms with Gasteiger partial charge < -0.3 is 40.2 Å². The Hall–Kier alpha value is -2.93. The number of nitrogens with one attached hydrogen (secondary N) is 2. The Labute approximate surface area is 369 Å². The van der Waals surface area contributed by atoms with Crippen LogP contribution in [-0.4, -0.2) is 95.2 Å². The summed E-state index contributed by atoms with van der Waals surface area (Å²) in [6, 6.07) is 7.86. The molecule has 2 rings (SSSR count). The van der Waals surface area contributed by atoms with Crippen LogP contribution in [0.25, 0.3) is 0 Å². The number of carbonyl (C=O) groups excluding carboxylic acids is 3. The Bertz CT molecular complexity index is 1230. The van der Waals surface area contributed by atoms with Gasteiger partial charge in [-0.25, -0.2) is 9.59 Å². The average molecular weight is 862 g/mol. The molecule has 1 heterocycles. The molecule has 0 spiro atoms. The zero-order chi connectivity index (χ0) is 44.2. The molecule has 0 radical (unpaired) electrons. The maximum absolute atomic E-state index is 13.8. The molecule has 1 aliphatic heterocycles. The molecule has 0 aliphatic carbocycles. The van der Waals surface area contributed by atoms with Crippen LogP contribution in [0.4, 0.5) is 9.59 Å². The van der Waals surface area contributed by atoms with Crippen LogP contribution in [0.5, 0.6) is 0 Å². The summed E-state index contributed by atoms with van der Waals surface area (Å²) in [6.45, 7) is 3.89. The summed E-state index contributed by atoms with van der Waals surface area (Å²) in [5.41, 5.74) is 0.787. The fraction of sp³-hybridized carbons (Fsp3) is 0.816. The van der Waals surface area contributed by atoms with E-state index in [4.69, 9.17) is 14.2 Å². The van der Waals surface area contributed by atoms with Gasteiger partial charge in [0.2, 0.25) is 5.91 Å². The molecule has 5 atom stereocenters. The number of aliphatic hydroxyl groups excluding tert-OH is 3. The van der Waals surface area contributed by atoms with Gasteiger partial charge >= 0.3 is 12.2 Å². The van der Waals surface area contributed by atoms with Gasteiger partial charge in [0.1, 0.15) is 37.5 Å². The summed E-state index contributed by atoms with van der Waals surface area (Å²) in [7, 11) is 0. The third kappa shape index (κ3) is 25.7. The highest BCUT2D eigenvalue weighted by Gasteiger charge is 2.48. The quantitative estimate of drug-likeness (QED) is 0.0409. The summed E-state index contributed by atoms with van der Waals surface area (Å²) < 4.78 is 17.0. The number of alkyl carbamates (subject to hydrolysis) is 1. The highest BCUT2D eigenvalue weighted by atomic mass is 16.6. The standard InChI is InChI=1S/C49H87N3O9/c1-3-5-7-9-11-13-15-17-18-19-20-21-23-25-27-32-36-52(49(58)59-37-33-28-26-24-22-16-14-12-10-8-6-4-2)47-44(46(56)45(55)42(39-53)61-47)51-43(54)38-50-48(57)60-40-41-34-30-29-31-35-41/h29-31,34-35,42,44-47,53,55-56H,3-28,32-33,36-40H2,1-2H3,(H,50,57)(H,51,54)/t42-,44-,45+,46-,47-/m1/s1. The van der Waals surface area contributed by atoms with Crippen LogP contribution in [0.15, 0.2) is 30.3 Å². The molecule has 5 N–H and O–H groups in total. The molecule has 1 saturated heterocycles. The number of amides is 3. The first-order valence-corrected chi connectivity index (χ1v) is 24.6. The molecule has 3 amide bonds. The van der Waals surface area contributed by atoms with E-state index in [1.165, 1.54) is 133 Å². The van der Waals surface area contributed by atoms with Gasteiger partial charge in [0.05, 0.1) is 13.2 Å². The number of rotatable bonds is 37. The predicted molar refractivity (Wildman–Crippen MR) is 243 cm³/mol. The first kappa shape index (κ1) is 54.2. The number of benzene rings is 1. The Morgan fingerprint density at radius 3 is 1.56 bits per heavy atom. The van der Waals surface area contributed by atoms with Gasteiger partial charge in [-0.2, -0.15) is 0 Å². The lowest BCUT2D eigenvalue weighted by Gasteiger charge is -2.46. The number of hydrogen-bond donors (Lipinski definition) is 5. The molecule has 12 heteroatoms. The van der Waals surface area contributed by atoms with Crippen molar-refractivity contribution in [1.82, 2.24) is 15.5 Å². The van der Waals surface area contributed by atoms with E-state index in [0.717, 1.165) is 44.1 Å². The lowest BCUT2D eigenvalue weighted by atomic mass is 9.95. The number of unbranched alkanes of at least 4 members (excludes halogenated alkanes) is 26. The summed E-state index contributed by atoms with van der Waals surface area (Å²) in [4.78, 5) is 40.6. The number of carbonyl (C=O) groups is 3. The average Bonchev–Trinajstić information content (AvgIpc) is 3.27. The van der Waals surface area contributed by atoms with Gasteiger partial charge in [-0.15, -0.1) is 0 Å². The van der Waals surface area contributed by atoms with Crippen molar-refractivity contribution in [2.45, 2.75) is 231 Å². The molecule has 0 saturated carbocycles. The molecule has 0 unspecified atom stereocenters. The first-order chi connectivity index (χ1) is 29.8. The van der Waals surface area contributed by atoms with Gasteiger partial charge in [-0.05, 0) is 18.4 Å². The SMILES string of the molecule is CCCCCCCCCCCCCCCCCCN(C(=O)OCCCCCCCCCCCCCC)[C@@H]1O[C@H](CO)[C@H](O)[C@H](O)[C@H]1NC(=O)CNC(=O)OCc1ccccc1. The molecular formula is C49H87N3O9. The van der Waals surface area contributed by atoms with Crippen molar-refractivity contribution < 1.29 is 43.9 Å². The minimum Gasteiger partial charge on any atom is -0.449 e. The minimum atomic E-state index is -1.58. The van der Waals surface area contributed by atoms with Crippen molar-refractivity contribution in [3.63, 3.8) is 0 Å². The summed E-state index contributed by atoms with van der Waals surface area (Å²) >= 11 is 0. The molecule has 61 heavy (non-hydrogen) atoms. The van der Waals surface area contributed by atoms with Gasteiger partial charge in [0.15, 0.2) is 6.23 Å². The molecule has 1 fully saturated rings. The lowest BCUT2D eigenvalue weighted by molar-refractivity contribution is -0.226. The van der Waals surface area contributed by atoms with E-state index >= 15 is 0 Å². The van der Waals surface area contributed by atoms with E-state index in [0.29, 0.717) is 12.8 Å². The minimum absolute atomic E-state index is 0.0238. The molecule has 1 aliphatic rings. The maximum Gasteiger partial charge on any atom is 0.411 e. The van der Waals surface area contributed by atoms with E-state index in [1.54, 1.807) is 0 Å². The third-order valence-corrected chi connectivity index (χ3v) is 11.9. The van der Waals surface area contributed by atoms with E-state index in [2.05, 4.69) is 24.5 Å².